The zero-order valence-electron chi connectivity index (χ0n) is 17.4. The van der Waals surface area contributed by atoms with Gasteiger partial charge in [0.2, 0.25) is 10.0 Å². The van der Waals surface area contributed by atoms with Gasteiger partial charge in [-0.25, -0.2) is 37.0 Å². The first-order valence-corrected chi connectivity index (χ1v) is 11.5. The number of hydrogen-bond acceptors (Lipinski definition) is 6. The van der Waals surface area contributed by atoms with Gasteiger partial charge in [0.1, 0.15) is 5.82 Å². The van der Waals surface area contributed by atoms with Crippen molar-refractivity contribution in [1.82, 2.24) is 19.8 Å². The predicted molar refractivity (Wildman–Crippen MR) is 109 cm³/mol. The average molecular weight is 454 g/mol. The molecular weight excluding hydrogens is 430 g/mol. The van der Waals surface area contributed by atoms with Crippen molar-refractivity contribution in [2.45, 2.75) is 31.7 Å². The van der Waals surface area contributed by atoms with E-state index in [1.807, 2.05) is 0 Å². The molecule has 3 rings (SSSR count). The molecule has 1 aromatic heterocycles. The fourth-order valence-electron chi connectivity index (χ4n) is 4.07. The van der Waals surface area contributed by atoms with Crippen LogP contribution in [0.2, 0.25) is 0 Å². The summed E-state index contributed by atoms with van der Waals surface area (Å²) in [5, 5.41) is 1.12. The minimum Gasteiger partial charge on any atom is -0.275 e. The molecule has 0 saturated heterocycles. The molecule has 1 heterocycles. The Morgan fingerprint density at radius 2 is 2.00 bits per heavy atom. The van der Waals surface area contributed by atoms with Gasteiger partial charge in [-0.05, 0) is 43.4 Å². The number of amides is 1. The van der Waals surface area contributed by atoms with Crippen LogP contribution in [0.15, 0.2) is 30.6 Å². The third-order valence-corrected chi connectivity index (χ3v) is 6.20. The number of hydroxylamine groups is 2. The van der Waals surface area contributed by atoms with E-state index in [-0.39, 0.29) is 30.1 Å². The van der Waals surface area contributed by atoms with Crippen molar-refractivity contribution in [2.75, 3.05) is 20.4 Å². The minimum absolute atomic E-state index is 0.0261. The highest BCUT2D eigenvalue weighted by Crippen LogP contribution is 2.43. The molecule has 2 atom stereocenters. The first-order chi connectivity index (χ1) is 14.5. The number of nitrogens with zero attached hydrogens (tertiary/aromatic N) is 3. The summed E-state index contributed by atoms with van der Waals surface area (Å²) < 4.78 is 53.4. The van der Waals surface area contributed by atoms with Crippen LogP contribution in [0.4, 0.5) is 8.78 Å². The van der Waals surface area contributed by atoms with E-state index in [0.717, 1.165) is 23.7 Å². The van der Waals surface area contributed by atoms with Gasteiger partial charge in [-0.3, -0.25) is 9.63 Å². The van der Waals surface area contributed by atoms with Gasteiger partial charge in [-0.2, -0.15) is 0 Å². The molecule has 8 nitrogen and oxygen atoms in total. The fraction of sp³-hybridized carbons (Fsp3) is 0.450. The lowest BCUT2D eigenvalue weighted by Crippen LogP contribution is -2.43. The molecule has 0 radical (unpaired) electrons. The standard InChI is InChI=1S/C20H24F2N4O4S/c1-26(30-2)19(27)20(7-6-15(10-20)25-31(3,28)29)9-13-4-5-17(22)16(8-13)18-23-11-14(21)12-24-18/h4-5,8,11-12,15,25H,6-7,9-10H2,1-3H3/t15-,20+/m0/s1. The lowest BCUT2D eigenvalue weighted by molar-refractivity contribution is -0.180. The van der Waals surface area contributed by atoms with Crippen molar-refractivity contribution in [2.24, 2.45) is 5.41 Å². The first kappa shape index (κ1) is 23.2. The second-order valence-electron chi connectivity index (χ2n) is 7.81. The van der Waals surface area contributed by atoms with Crippen LogP contribution in [0.1, 0.15) is 24.8 Å². The second-order valence-corrected chi connectivity index (χ2v) is 9.59. The highest BCUT2D eigenvalue weighted by Gasteiger charge is 2.47. The predicted octanol–water partition coefficient (Wildman–Crippen LogP) is 2.07. The molecule has 0 aliphatic heterocycles. The number of nitrogens with one attached hydrogen (secondary N) is 1. The smallest absolute Gasteiger partial charge is 0.252 e. The zero-order valence-corrected chi connectivity index (χ0v) is 18.2. The lowest BCUT2D eigenvalue weighted by atomic mass is 9.78. The van der Waals surface area contributed by atoms with Crippen molar-refractivity contribution in [1.29, 1.82) is 0 Å². The van der Waals surface area contributed by atoms with Crippen LogP contribution in [-0.2, 0) is 26.1 Å². The number of hydrogen-bond donors (Lipinski definition) is 1. The van der Waals surface area contributed by atoms with Gasteiger partial charge in [-0.1, -0.05) is 6.07 Å². The normalized spacial score (nSPS) is 21.3. The van der Waals surface area contributed by atoms with Crippen LogP contribution in [0.3, 0.4) is 0 Å². The maximum absolute atomic E-state index is 14.4. The number of aromatic nitrogens is 2. The highest BCUT2D eigenvalue weighted by atomic mass is 32.2. The molecule has 0 spiro atoms. The lowest BCUT2D eigenvalue weighted by Gasteiger charge is -2.31. The third-order valence-electron chi connectivity index (χ3n) is 5.44. The fourth-order valence-corrected chi connectivity index (χ4v) is 4.88. The largest absolute Gasteiger partial charge is 0.275 e. The summed E-state index contributed by atoms with van der Waals surface area (Å²) in [6.07, 6.45) is 4.38. The molecule has 168 valence electrons. The van der Waals surface area contributed by atoms with Gasteiger partial charge in [0.05, 0.1) is 36.7 Å². The maximum atomic E-state index is 14.4. The highest BCUT2D eigenvalue weighted by molar-refractivity contribution is 7.88. The van der Waals surface area contributed by atoms with Crippen molar-refractivity contribution < 1.29 is 26.8 Å². The number of benzene rings is 1. The van der Waals surface area contributed by atoms with Crippen molar-refractivity contribution in [3.63, 3.8) is 0 Å². The van der Waals surface area contributed by atoms with Crippen LogP contribution in [0.25, 0.3) is 11.4 Å². The zero-order chi connectivity index (χ0) is 22.8. The number of sulfonamides is 1. The number of carbonyl (C=O) groups is 1. The summed E-state index contributed by atoms with van der Waals surface area (Å²) in [5.74, 6) is -1.48. The van der Waals surface area contributed by atoms with Crippen LogP contribution in [0.5, 0.6) is 0 Å². The van der Waals surface area contributed by atoms with Gasteiger partial charge in [0, 0.05) is 13.1 Å². The summed E-state index contributed by atoms with van der Waals surface area (Å²) >= 11 is 0. The average Bonchev–Trinajstić information content (AvgIpc) is 3.10. The van der Waals surface area contributed by atoms with Gasteiger partial charge in [0.15, 0.2) is 11.6 Å². The Bertz CT molecular complexity index is 1070. The van der Waals surface area contributed by atoms with E-state index in [4.69, 9.17) is 4.84 Å². The molecule has 0 bridgehead atoms. The molecule has 1 aliphatic carbocycles. The molecule has 1 saturated carbocycles. The van der Waals surface area contributed by atoms with Crippen molar-refractivity contribution in [3.8, 4) is 11.4 Å². The summed E-state index contributed by atoms with van der Waals surface area (Å²) in [6, 6.07) is 3.93. The van der Waals surface area contributed by atoms with Crippen molar-refractivity contribution >= 4 is 15.9 Å². The molecule has 2 aromatic rings. The van der Waals surface area contributed by atoms with E-state index < -0.39 is 33.1 Å². The van der Waals surface area contributed by atoms with E-state index in [2.05, 4.69) is 14.7 Å². The summed E-state index contributed by atoms with van der Waals surface area (Å²) in [4.78, 5) is 25.9. The van der Waals surface area contributed by atoms with E-state index in [1.54, 1.807) is 6.07 Å². The minimum atomic E-state index is -3.44. The van der Waals surface area contributed by atoms with Gasteiger partial charge < -0.3 is 0 Å². The monoisotopic (exact) mass is 454 g/mol. The van der Waals surface area contributed by atoms with Crippen LogP contribution in [-0.4, -0.2) is 55.8 Å². The van der Waals surface area contributed by atoms with E-state index >= 15 is 0 Å². The van der Waals surface area contributed by atoms with E-state index in [0.29, 0.717) is 18.4 Å². The van der Waals surface area contributed by atoms with Gasteiger partial charge in [0.25, 0.3) is 5.91 Å². The molecule has 11 heteroatoms. The Kier molecular flexibility index (Phi) is 6.68. The van der Waals surface area contributed by atoms with Gasteiger partial charge >= 0.3 is 0 Å². The van der Waals surface area contributed by atoms with E-state index in [9.17, 15) is 22.0 Å². The van der Waals surface area contributed by atoms with Crippen LogP contribution >= 0.6 is 0 Å². The number of carbonyl (C=O) groups excluding carboxylic acids is 1. The quantitative estimate of drug-likeness (QED) is 0.643. The Hall–Kier alpha value is -2.50. The summed E-state index contributed by atoms with van der Waals surface area (Å²) in [6.45, 7) is 0. The topological polar surface area (TPSA) is 101 Å². The molecule has 1 N–H and O–H groups in total. The number of halogens is 2. The Morgan fingerprint density at radius 3 is 2.61 bits per heavy atom. The van der Waals surface area contributed by atoms with Crippen molar-refractivity contribution in [3.05, 3.63) is 47.8 Å². The Labute approximate surface area is 179 Å². The summed E-state index contributed by atoms with van der Waals surface area (Å²) in [7, 11) is -0.577. The molecule has 1 amide bonds. The Balaban J connectivity index is 1.94. The molecule has 0 unspecified atom stereocenters. The molecule has 1 aromatic carbocycles. The molecule has 1 fully saturated rings. The maximum Gasteiger partial charge on any atom is 0.252 e. The third kappa shape index (κ3) is 5.41. The first-order valence-electron chi connectivity index (χ1n) is 9.59. The molecule has 31 heavy (non-hydrogen) atoms. The Morgan fingerprint density at radius 1 is 1.32 bits per heavy atom. The van der Waals surface area contributed by atoms with Gasteiger partial charge in [-0.15, -0.1) is 0 Å². The van der Waals surface area contributed by atoms with E-state index in [1.165, 1.54) is 26.3 Å². The SMILES string of the molecule is CON(C)C(=O)[C@@]1(Cc2ccc(F)c(-c3ncc(F)cn3)c2)CC[C@H](NS(C)(=O)=O)C1. The van der Waals surface area contributed by atoms with Crippen LogP contribution < -0.4 is 4.72 Å². The summed E-state index contributed by atoms with van der Waals surface area (Å²) in [5.41, 5.74) is -0.211. The van der Waals surface area contributed by atoms with Crippen LogP contribution in [0, 0.1) is 17.0 Å². The second kappa shape index (κ2) is 8.93. The molecular formula is C20H24F2N4O4S. The molecule has 1 aliphatic rings. The number of rotatable bonds is 7.